The van der Waals surface area contributed by atoms with E-state index in [1.807, 2.05) is 6.07 Å². The number of hydrogen-bond acceptors (Lipinski definition) is 2. The summed E-state index contributed by atoms with van der Waals surface area (Å²) in [6.07, 6.45) is 1.92. The molecule has 1 aliphatic carbocycles. The van der Waals surface area contributed by atoms with Gasteiger partial charge >= 0.3 is 0 Å². The first-order chi connectivity index (χ1) is 6.61. The summed E-state index contributed by atoms with van der Waals surface area (Å²) >= 11 is 3.39. The molecule has 1 aliphatic rings. The number of rotatable bonds is 1. The third kappa shape index (κ3) is 1.35. The van der Waals surface area contributed by atoms with Gasteiger partial charge in [-0.2, -0.15) is 0 Å². The average Bonchev–Trinajstić information content (AvgIpc) is 2.48. The van der Waals surface area contributed by atoms with E-state index in [0.717, 1.165) is 22.9 Å². The summed E-state index contributed by atoms with van der Waals surface area (Å²) in [5, 5.41) is 0. The van der Waals surface area contributed by atoms with Crippen molar-refractivity contribution < 1.29 is 4.79 Å². The molecule has 1 aromatic rings. The predicted octanol–water partition coefficient (Wildman–Crippen LogP) is 1.49. The molecule has 0 heterocycles. The zero-order valence-electron chi connectivity index (χ0n) is 7.59. The van der Waals surface area contributed by atoms with Crippen LogP contribution in [0.15, 0.2) is 16.6 Å². The number of benzene rings is 1. The molecule has 74 valence electrons. The lowest BCUT2D eigenvalue weighted by molar-refractivity contribution is 0.0999. The third-order valence-electron chi connectivity index (χ3n) is 2.63. The maximum Gasteiger partial charge on any atom is 0.249 e. The van der Waals surface area contributed by atoms with Crippen LogP contribution < -0.4 is 11.5 Å². The normalized spacial score (nSPS) is 19.4. The highest BCUT2D eigenvalue weighted by atomic mass is 79.9. The Morgan fingerprint density at radius 1 is 1.50 bits per heavy atom. The standard InChI is InChI=1S/C10H11BrN2O/c11-9-6(10(13)14)3-1-5-2-4-7(12)8(5)9/h1,3,7H,2,4,12H2,(H2,13,14)/t7-/m0/s1. The van der Waals surface area contributed by atoms with E-state index in [-0.39, 0.29) is 6.04 Å². The molecule has 2 rings (SSSR count). The maximum absolute atomic E-state index is 11.1. The van der Waals surface area contributed by atoms with Crippen molar-refractivity contribution >= 4 is 21.8 Å². The fraction of sp³-hybridized carbons (Fsp3) is 0.300. The summed E-state index contributed by atoms with van der Waals surface area (Å²) in [7, 11) is 0. The van der Waals surface area contributed by atoms with Crippen LogP contribution in [-0.2, 0) is 6.42 Å². The van der Waals surface area contributed by atoms with Crippen molar-refractivity contribution in [3.8, 4) is 0 Å². The van der Waals surface area contributed by atoms with Crippen molar-refractivity contribution in [1.29, 1.82) is 0 Å². The lowest BCUT2D eigenvalue weighted by Crippen LogP contribution is -2.14. The number of aryl methyl sites for hydroxylation is 1. The number of amides is 1. The van der Waals surface area contributed by atoms with Crippen molar-refractivity contribution in [1.82, 2.24) is 0 Å². The van der Waals surface area contributed by atoms with Gasteiger partial charge < -0.3 is 11.5 Å². The Balaban J connectivity index is 2.61. The number of carbonyl (C=O) groups is 1. The van der Waals surface area contributed by atoms with Gasteiger partial charge in [-0.25, -0.2) is 0 Å². The monoisotopic (exact) mass is 254 g/mol. The molecule has 0 aromatic heterocycles. The van der Waals surface area contributed by atoms with Gasteiger partial charge in [0.05, 0.1) is 5.56 Å². The summed E-state index contributed by atoms with van der Waals surface area (Å²) < 4.78 is 0.771. The van der Waals surface area contributed by atoms with E-state index in [4.69, 9.17) is 11.5 Å². The fourth-order valence-electron chi connectivity index (χ4n) is 1.90. The molecule has 0 saturated heterocycles. The number of carbonyl (C=O) groups excluding carboxylic acids is 1. The van der Waals surface area contributed by atoms with Crippen molar-refractivity contribution in [3.05, 3.63) is 33.3 Å². The minimum absolute atomic E-state index is 0.0266. The molecule has 1 atom stereocenters. The van der Waals surface area contributed by atoms with Crippen LogP contribution in [-0.4, -0.2) is 5.91 Å². The van der Waals surface area contributed by atoms with Gasteiger partial charge in [0.25, 0.3) is 0 Å². The molecule has 1 aromatic carbocycles. The van der Waals surface area contributed by atoms with E-state index < -0.39 is 5.91 Å². The van der Waals surface area contributed by atoms with Gasteiger partial charge in [0.2, 0.25) is 5.91 Å². The number of nitrogens with two attached hydrogens (primary N) is 2. The molecule has 1 amide bonds. The molecule has 0 aliphatic heterocycles. The fourth-order valence-corrected chi connectivity index (χ4v) is 2.77. The third-order valence-corrected chi connectivity index (χ3v) is 3.49. The van der Waals surface area contributed by atoms with Crippen LogP contribution in [0.1, 0.15) is 33.9 Å². The van der Waals surface area contributed by atoms with E-state index in [9.17, 15) is 4.79 Å². The second-order valence-corrected chi connectivity index (χ2v) is 4.30. The molecule has 4 heteroatoms. The minimum atomic E-state index is -0.418. The second-order valence-electron chi connectivity index (χ2n) is 3.51. The van der Waals surface area contributed by atoms with Gasteiger partial charge in [-0.05, 0) is 46.0 Å². The van der Waals surface area contributed by atoms with Crippen LogP contribution >= 0.6 is 15.9 Å². The molecule has 0 unspecified atom stereocenters. The molecular formula is C10H11BrN2O. The Kier molecular flexibility index (Phi) is 2.33. The van der Waals surface area contributed by atoms with Gasteiger partial charge in [0, 0.05) is 10.5 Å². The highest BCUT2D eigenvalue weighted by molar-refractivity contribution is 9.10. The van der Waals surface area contributed by atoms with Gasteiger partial charge in [-0.15, -0.1) is 0 Å². The van der Waals surface area contributed by atoms with E-state index >= 15 is 0 Å². The van der Waals surface area contributed by atoms with Crippen molar-refractivity contribution in [2.24, 2.45) is 11.5 Å². The SMILES string of the molecule is NC(=O)c1ccc2c(c1Br)[C@@H](N)CC2. The van der Waals surface area contributed by atoms with Crippen LogP contribution in [0.25, 0.3) is 0 Å². The Bertz CT molecular complexity index is 403. The molecule has 0 saturated carbocycles. The molecule has 0 radical (unpaired) electrons. The van der Waals surface area contributed by atoms with Crippen LogP contribution in [0.3, 0.4) is 0 Å². The summed E-state index contributed by atoms with van der Waals surface area (Å²) in [5.74, 6) is -0.418. The Morgan fingerprint density at radius 3 is 2.86 bits per heavy atom. The van der Waals surface area contributed by atoms with Crippen molar-refractivity contribution in [2.75, 3.05) is 0 Å². The number of fused-ring (bicyclic) bond motifs is 1. The smallest absolute Gasteiger partial charge is 0.249 e. The summed E-state index contributed by atoms with van der Waals surface area (Å²) in [6, 6.07) is 3.72. The summed E-state index contributed by atoms with van der Waals surface area (Å²) in [4.78, 5) is 11.1. The summed E-state index contributed by atoms with van der Waals surface area (Å²) in [6.45, 7) is 0. The Labute approximate surface area is 90.6 Å². The Hall–Kier alpha value is -0.870. The van der Waals surface area contributed by atoms with Crippen molar-refractivity contribution in [3.63, 3.8) is 0 Å². The van der Waals surface area contributed by atoms with Crippen LogP contribution in [0.2, 0.25) is 0 Å². The van der Waals surface area contributed by atoms with E-state index in [0.29, 0.717) is 5.56 Å². The van der Waals surface area contributed by atoms with Crippen LogP contribution in [0.5, 0.6) is 0 Å². The lowest BCUT2D eigenvalue weighted by atomic mass is 10.0. The topological polar surface area (TPSA) is 69.1 Å². The number of hydrogen-bond donors (Lipinski definition) is 2. The largest absolute Gasteiger partial charge is 0.366 e. The van der Waals surface area contributed by atoms with Crippen molar-refractivity contribution in [2.45, 2.75) is 18.9 Å². The van der Waals surface area contributed by atoms with Crippen LogP contribution in [0.4, 0.5) is 0 Å². The molecule has 14 heavy (non-hydrogen) atoms. The van der Waals surface area contributed by atoms with Gasteiger partial charge in [-0.3, -0.25) is 4.79 Å². The zero-order valence-corrected chi connectivity index (χ0v) is 9.17. The molecule has 0 spiro atoms. The zero-order chi connectivity index (χ0) is 10.3. The quantitative estimate of drug-likeness (QED) is 0.798. The highest BCUT2D eigenvalue weighted by Gasteiger charge is 2.24. The Morgan fingerprint density at radius 2 is 2.21 bits per heavy atom. The first-order valence-corrected chi connectivity index (χ1v) is 5.27. The first kappa shape index (κ1) is 9.68. The van der Waals surface area contributed by atoms with Gasteiger partial charge in [0.1, 0.15) is 0 Å². The van der Waals surface area contributed by atoms with E-state index in [2.05, 4.69) is 15.9 Å². The molecule has 3 nitrogen and oxygen atoms in total. The minimum Gasteiger partial charge on any atom is -0.366 e. The highest BCUT2D eigenvalue weighted by Crippen LogP contribution is 2.36. The molecule has 4 N–H and O–H groups in total. The maximum atomic E-state index is 11.1. The lowest BCUT2D eigenvalue weighted by Gasteiger charge is -2.10. The number of halogens is 1. The summed E-state index contributed by atoms with van der Waals surface area (Å²) in [5.41, 5.74) is 14.0. The first-order valence-electron chi connectivity index (χ1n) is 4.48. The molecular weight excluding hydrogens is 244 g/mol. The second kappa shape index (κ2) is 3.37. The van der Waals surface area contributed by atoms with E-state index in [1.165, 1.54) is 5.56 Å². The van der Waals surface area contributed by atoms with E-state index in [1.54, 1.807) is 6.07 Å². The molecule has 0 fully saturated rings. The molecule has 0 bridgehead atoms. The average molecular weight is 255 g/mol. The van der Waals surface area contributed by atoms with Crippen LogP contribution in [0, 0.1) is 0 Å². The van der Waals surface area contributed by atoms with Gasteiger partial charge in [0.15, 0.2) is 0 Å². The number of primary amides is 1. The van der Waals surface area contributed by atoms with Gasteiger partial charge in [-0.1, -0.05) is 6.07 Å². The predicted molar refractivity (Wildman–Crippen MR) is 57.9 cm³/mol.